The molecule has 3 rings (SSSR count). The molecule has 0 aliphatic rings. The number of aryl methyl sites for hydroxylation is 1. The first-order valence-electron chi connectivity index (χ1n) is 7.34. The predicted octanol–water partition coefficient (Wildman–Crippen LogP) is 3.91. The molecular formula is C19H17NO3. The summed E-state index contributed by atoms with van der Waals surface area (Å²) in [4.78, 5) is 16.8. The van der Waals surface area contributed by atoms with E-state index in [1.807, 2.05) is 55.5 Å². The van der Waals surface area contributed by atoms with Gasteiger partial charge < -0.3 is 9.47 Å². The second kappa shape index (κ2) is 6.48. The van der Waals surface area contributed by atoms with Gasteiger partial charge in [-0.05, 0) is 36.8 Å². The zero-order valence-electron chi connectivity index (χ0n) is 13.1. The van der Waals surface area contributed by atoms with Gasteiger partial charge in [-0.2, -0.15) is 0 Å². The van der Waals surface area contributed by atoms with Crippen molar-refractivity contribution in [2.24, 2.45) is 0 Å². The van der Waals surface area contributed by atoms with Crippen molar-refractivity contribution in [1.82, 2.24) is 4.98 Å². The third-order valence-electron chi connectivity index (χ3n) is 3.65. The van der Waals surface area contributed by atoms with Crippen LogP contribution < -0.4 is 4.74 Å². The van der Waals surface area contributed by atoms with Crippen LogP contribution in [0.25, 0.3) is 10.9 Å². The Morgan fingerprint density at radius 1 is 1.09 bits per heavy atom. The van der Waals surface area contributed by atoms with Crippen LogP contribution in [0.5, 0.6) is 5.75 Å². The molecule has 0 aliphatic carbocycles. The summed E-state index contributed by atoms with van der Waals surface area (Å²) in [6.07, 6.45) is 0. The van der Waals surface area contributed by atoms with Gasteiger partial charge in [0, 0.05) is 5.39 Å². The molecule has 23 heavy (non-hydrogen) atoms. The van der Waals surface area contributed by atoms with E-state index in [2.05, 4.69) is 4.98 Å². The zero-order chi connectivity index (χ0) is 16.2. The highest BCUT2D eigenvalue weighted by Crippen LogP contribution is 2.22. The first-order chi connectivity index (χ1) is 11.2. The third-order valence-corrected chi connectivity index (χ3v) is 3.65. The third kappa shape index (κ3) is 3.31. The Labute approximate surface area is 134 Å². The van der Waals surface area contributed by atoms with Crippen LogP contribution in [-0.2, 0) is 11.3 Å². The SMILES string of the molecule is COc1ccc2nc(C)c(C(=O)OCc3ccccc3)cc2c1. The number of benzene rings is 2. The summed E-state index contributed by atoms with van der Waals surface area (Å²) in [6.45, 7) is 2.05. The molecule has 0 saturated carbocycles. The van der Waals surface area contributed by atoms with Crippen LogP contribution in [0.4, 0.5) is 0 Å². The van der Waals surface area contributed by atoms with Crippen molar-refractivity contribution in [2.75, 3.05) is 7.11 Å². The van der Waals surface area contributed by atoms with Gasteiger partial charge in [0.15, 0.2) is 0 Å². The standard InChI is InChI=1S/C19H17NO3/c1-13-17(19(21)23-12-14-6-4-3-5-7-14)11-15-10-16(22-2)8-9-18(15)20-13/h3-11H,12H2,1-2H3. The van der Waals surface area contributed by atoms with Gasteiger partial charge in [-0.15, -0.1) is 0 Å². The molecule has 0 amide bonds. The van der Waals surface area contributed by atoms with E-state index < -0.39 is 0 Å². The lowest BCUT2D eigenvalue weighted by Crippen LogP contribution is -2.08. The minimum absolute atomic E-state index is 0.245. The molecule has 0 N–H and O–H groups in total. The maximum Gasteiger partial charge on any atom is 0.340 e. The summed E-state index contributed by atoms with van der Waals surface area (Å²) < 4.78 is 10.6. The van der Waals surface area contributed by atoms with Crippen LogP contribution in [-0.4, -0.2) is 18.1 Å². The minimum Gasteiger partial charge on any atom is -0.497 e. The lowest BCUT2D eigenvalue weighted by Gasteiger charge is -2.09. The fourth-order valence-corrected chi connectivity index (χ4v) is 2.39. The second-order valence-corrected chi connectivity index (χ2v) is 5.24. The monoisotopic (exact) mass is 307 g/mol. The van der Waals surface area contributed by atoms with Gasteiger partial charge in [0.1, 0.15) is 12.4 Å². The highest BCUT2D eigenvalue weighted by Gasteiger charge is 2.13. The van der Waals surface area contributed by atoms with Gasteiger partial charge in [0.2, 0.25) is 0 Å². The van der Waals surface area contributed by atoms with Crippen LogP contribution in [0.3, 0.4) is 0 Å². The molecule has 1 aromatic heterocycles. The molecule has 0 unspecified atom stereocenters. The summed E-state index contributed by atoms with van der Waals surface area (Å²) in [5.41, 5.74) is 2.90. The lowest BCUT2D eigenvalue weighted by atomic mass is 10.1. The topological polar surface area (TPSA) is 48.4 Å². The Balaban J connectivity index is 1.85. The van der Waals surface area contributed by atoms with E-state index in [9.17, 15) is 4.79 Å². The first-order valence-corrected chi connectivity index (χ1v) is 7.34. The largest absolute Gasteiger partial charge is 0.497 e. The van der Waals surface area contributed by atoms with Gasteiger partial charge in [-0.3, -0.25) is 4.98 Å². The van der Waals surface area contributed by atoms with Gasteiger partial charge in [-0.1, -0.05) is 30.3 Å². The van der Waals surface area contributed by atoms with E-state index in [1.165, 1.54) is 0 Å². The normalized spacial score (nSPS) is 10.5. The number of pyridine rings is 1. The Hall–Kier alpha value is -2.88. The molecule has 4 heteroatoms. The molecule has 0 atom stereocenters. The number of hydrogen-bond acceptors (Lipinski definition) is 4. The summed E-state index contributed by atoms with van der Waals surface area (Å²) >= 11 is 0. The number of nitrogens with zero attached hydrogens (tertiary/aromatic N) is 1. The molecule has 0 bridgehead atoms. The van der Waals surface area contributed by atoms with Gasteiger partial charge in [0.25, 0.3) is 0 Å². The number of ether oxygens (including phenoxy) is 2. The number of carbonyl (C=O) groups is 1. The number of fused-ring (bicyclic) bond motifs is 1. The quantitative estimate of drug-likeness (QED) is 0.686. The van der Waals surface area contributed by atoms with E-state index in [0.717, 1.165) is 22.2 Å². The Morgan fingerprint density at radius 2 is 1.87 bits per heavy atom. The molecule has 0 spiro atoms. The Kier molecular flexibility index (Phi) is 4.24. The van der Waals surface area contributed by atoms with Crippen LogP contribution in [0, 0.1) is 6.92 Å². The van der Waals surface area contributed by atoms with Crippen LogP contribution in [0.15, 0.2) is 54.6 Å². The number of esters is 1. The van der Waals surface area contributed by atoms with Crippen molar-refractivity contribution in [3.8, 4) is 5.75 Å². The van der Waals surface area contributed by atoms with Crippen molar-refractivity contribution in [2.45, 2.75) is 13.5 Å². The summed E-state index contributed by atoms with van der Waals surface area (Å²) in [7, 11) is 1.61. The van der Waals surface area contributed by atoms with Gasteiger partial charge in [-0.25, -0.2) is 4.79 Å². The van der Waals surface area contributed by atoms with Crippen LogP contribution in [0.1, 0.15) is 21.6 Å². The molecule has 0 saturated heterocycles. The summed E-state index contributed by atoms with van der Waals surface area (Å²) in [5, 5.41) is 0.849. The number of carbonyl (C=O) groups excluding carboxylic acids is 1. The van der Waals surface area contributed by atoms with Crippen molar-refractivity contribution >= 4 is 16.9 Å². The van der Waals surface area contributed by atoms with E-state index in [1.54, 1.807) is 13.2 Å². The number of rotatable bonds is 4. The fraction of sp³-hybridized carbons (Fsp3) is 0.158. The van der Waals surface area contributed by atoms with Crippen molar-refractivity contribution < 1.29 is 14.3 Å². The Morgan fingerprint density at radius 3 is 2.61 bits per heavy atom. The molecule has 0 fully saturated rings. The van der Waals surface area contributed by atoms with Gasteiger partial charge in [0.05, 0.1) is 23.9 Å². The predicted molar refractivity (Wildman–Crippen MR) is 88.6 cm³/mol. The maximum atomic E-state index is 12.3. The smallest absolute Gasteiger partial charge is 0.340 e. The van der Waals surface area contributed by atoms with Gasteiger partial charge >= 0.3 is 5.97 Å². The summed E-state index contributed by atoms with van der Waals surface area (Å²) in [6, 6.07) is 17.0. The Bertz CT molecular complexity index is 844. The van der Waals surface area contributed by atoms with Crippen molar-refractivity contribution in [3.63, 3.8) is 0 Å². The first kappa shape index (κ1) is 15.0. The van der Waals surface area contributed by atoms with Crippen LogP contribution in [0.2, 0.25) is 0 Å². The highest BCUT2D eigenvalue weighted by molar-refractivity contribution is 5.95. The summed E-state index contributed by atoms with van der Waals surface area (Å²) in [5.74, 6) is 0.357. The molecule has 0 aliphatic heterocycles. The molecule has 116 valence electrons. The second-order valence-electron chi connectivity index (χ2n) is 5.24. The molecule has 3 aromatic rings. The number of aromatic nitrogens is 1. The van der Waals surface area contributed by atoms with E-state index in [0.29, 0.717) is 11.3 Å². The average molecular weight is 307 g/mol. The molecule has 0 radical (unpaired) electrons. The van der Waals surface area contributed by atoms with Crippen molar-refractivity contribution in [3.05, 3.63) is 71.4 Å². The lowest BCUT2D eigenvalue weighted by molar-refractivity contribution is 0.0471. The highest BCUT2D eigenvalue weighted by atomic mass is 16.5. The average Bonchev–Trinajstić information content (AvgIpc) is 2.59. The molecular weight excluding hydrogens is 290 g/mol. The molecule has 4 nitrogen and oxygen atoms in total. The minimum atomic E-state index is -0.372. The van der Waals surface area contributed by atoms with E-state index in [4.69, 9.17) is 9.47 Å². The van der Waals surface area contributed by atoms with Crippen molar-refractivity contribution in [1.29, 1.82) is 0 Å². The maximum absolute atomic E-state index is 12.3. The van der Waals surface area contributed by atoms with Crippen LogP contribution >= 0.6 is 0 Å². The number of hydrogen-bond donors (Lipinski definition) is 0. The molecule has 2 aromatic carbocycles. The fourth-order valence-electron chi connectivity index (χ4n) is 2.39. The van der Waals surface area contributed by atoms with E-state index >= 15 is 0 Å². The van der Waals surface area contributed by atoms with E-state index in [-0.39, 0.29) is 12.6 Å². The molecule has 1 heterocycles. The zero-order valence-corrected chi connectivity index (χ0v) is 13.1. The number of methoxy groups -OCH3 is 1.